The molecule has 102 valence electrons. The fourth-order valence-corrected chi connectivity index (χ4v) is 1.78. The Hall–Kier alpha value is -2.41. The highest BCUT2D eigenvalue weighted by molar-refractivity contribution is 9.10. The third kappa shape index (κ3) is 3.79. The first-order chi connectivity index (χ1) is 9.54. The summed E-state index contributed by atoms with van der Waals surface area (Å²) in [5.74, 6) is 0.115. The van der Waals surface area contributed by atoms with Crippen LogP contribution in [0.25, 0.3) is 6.08 Å². The number of furan rings is 1. The number of hydrogen-bond acceptors (Lipinski definition) is 4. The maximum absolute atomic E-state index is 11.7. The molecule has 0 spiro atoms. The van der Waals surface area contributed by atoms with Crippen molar-refractivity contribution in [1.82, 2.24) is 0 Å². The normalized spacial score (nSPS) is 10.7. The maximum atomic E-state index is 11.7. The molecule has 1 aromatic heterocycles. The highest BCUT2D eigenvalue weighted by Gasteiger charge is 2.06. The molecule has 2 aromatic rings. The number of non-ortho nitro benzene ring substituents is 1. The standard InChI is InChI=1S/C13H9BrN2O4/c14-12-6-4-11(20-12)5-7-13(17)15-9-2-1-3-10(8-9)16(18)19/h1-8H,(H,15,17). The van der Waals surface area contributed by atoms with E-state index in [4.69, 9.17) is 4.42 Å². The van der Waals surface area contributed by atoms with Crippen LogP contribution in [0.4, 0.5) is 11.4 Å². The molecular formula is C13H9BrN2O4. The smallest absolute Gasteiger partial charge is 0.271 e. The van der Waals surface area contributed by atoms with Crippen molar-refractivity contribution < 1.29 is 14.1 Å². The number of nitrogens with zero attached hydrogens (tertiary/aromatic N) is 1. The van der Waals surface area contributed by atoms with Crippen molar-refractivity contribution in [2.45, 2.75) is 0 Å². The molecule has 0 aliphatic carbocycles. The summed E-state index contributed by atoms with van der Waals surface area (Å²) in [5, 5.41) is 13.1. The van der Waals surface area contributed by atoms with Crippen LogP contribution in [-0.4, -0.2) is 10.8 Å². The molecule has 7 heteroatoms. The van der Waals surface area contributed by atoms with Crippen molar-refractivity contribution in [3.63, 3.8) is 0 Å². The summed E-state index contributed by atoms with van der Waals surface area (Å²) in [5.41, 5.74) is 0.274. The predicted molar refractivity (Wildman–Crippen MR) is 77.2 cm³/mol. The summed E-state index contributed by atoms with van der Waals surface area (Å²) in [4.78, 5) is 21.7. The number of halogens is 1. The first-order valence-electron chi connectivity index (χ1n) is 5.53. The van der Waals surface area contributed by atoms with Gasteiger partial charge in [-0.15, -0.1) is 0 Å². The van der Waals surface area contributed by atoms with Gasteiger partial charge in [0.1, 0.15) is 5.76 Å². The van der Waals surface area contributed by atoms with E-state index in [9.17, 15) is 14.9 Å². The Labute approximate surface area is 122 Å². The van der Waals surface area contributed by atoms with E-state index < -0.39 is 10.8 Å². The number of nitro groups is 1. The average Bonchev–Trinajstić information content (AvgIpc) is 2.82. The van der Waals surface area contributed by atoms with E-state index in [0.29, 0.717) is 16.1 Å². The van der Waals surface area contributed by atoms with Crippen molar-refractivity contribution >= 4 is 39.3 Å². The minimum atomic E-state index is -0.522. The maximum Gasteiger partial charge on any atom is 0.271 e. The van der Waals surface area contributed by atoms with Crippen LogP contribution in [0.5, 0.6) is 0 Å². The van der Waals surface area contributed by atoms with E-state index in [1.165, 1.54) is 30.4 Å². The fraction of sp³-hybridized carbons (Fsp3) is 0. The molecular weight excluding hydrogens is 328 g/mol. The minimum Gasteiger partial charge on any atom is -0.450 e. The van der Waals surface area contributed by atoms with Gasteiger partial charge in [-0.05, 0) is 40.2 Å². The molecule has 0 fully saturated rings. The van der Waals surface area contributed by atoms with Crippen LogP contribution in [-0.2, 0) is 4.79 Å². The second-order valence-corrected chi connectivity index (χ2v) is 4.55. The van der Waals surface area contributed by atoms with E-state index >= 15 is 0 Å². The Morgan fingerprint density at radius 2 is 2.15 bits per heavy atom. The lowest BCUT2D eigenvalue weighted by Gasteiger charge is -2.01. The fourth-order valence-electron chi connectivity index (χ4n) is 1.46. The van der Waals surface area contributed by atoms with Crippen LogP contribution in [0.15, 0.2) is 51.6 Å². The van der Waals surface area contributed by atoms with E-state index in [2.05, 4.69) is 21.2 Å². The molecule has 1 heterocycles. The Morgan fingerprint density at radius 3 is 2.80 bits per heavy atom. The predicted octanol–water partition coefficient (Wildman–Crippen LogP) is 3.60. The van der Waals surface area contributed by atoms with Crippen LogP contribution >= 0.6 is 15.9 Å². The quantitative estimate of drug-likeness (QED) is 0.525. The Morgan fingerprint density at radius 1 is 1.35 bits per heavy atom. The number of nitro benzene ring substituents is 1. The third-order valence-corrected chi connectivity index (χ3v) is 2.74. The van der Waals surface area contributed by atoms with Gasteiger partial charge in [0, 0.05) is 23.9 Å². The number of benzene rings is 1. The number of nitrogens with one attached hydrogen (secondary N) is 1. The molecule has 1 N–H and O–H groups in total. The van der Waals surface area contributed by atoms with Crippen molar-refractivity contribution in [2.75, 3.05) is 5.32 Å². The van der Waals surface area contributed by atoms with Gasteiger partial charge in [-0.1, -0.05) is 6.07 Å². The van der Waals surface area contributed by atoms with Gasteiger partial charge in [0.2, 0.25) is 5.91 Å². The largest absolute Gasteiger partial charge is 0.450 e. The molecule has 1 aromatic carbocycles. The molecule has 6 nitrogen and oxygen atoms in total. The van der Waals surface area contributed by atoms with Crippen LogP contribution in [0.3, 0.4) is 0 Å². The summed E-state index contributed by atoms with van der Waals surface area (Å²) in [6, 6.07) is 9.11. The second kappa shape index (κ2) is 6.16. The van der Waals surface area contributed by atoms with Crippen molar-refractivity contribution in [2.24, 2.45) is 0 Å². The van der Waals surface area contributed by atoms with Gasteiger partial charge in [-0.3, -0.25) is 14.9 Å². The number of hydrogen-bond donors (Lipinski definition) is 1. The number of rotatable bonds is 4. The van der Waals surface area contributed by atoms with Crippen molar-refractivity contribution in [1.29, 1.82) is 0 Å². The lowest BCUT2D eigenvalue weighted by molar-refractivity contribution is -0.384. The van der Waals surface area contributed by atoms with Crippen molar-refractivity contribution in [3.8, 4) is 0 Å². The molecule has 0 saturated heterocycles. The first-order valence-corrected chi connectivity index (χ1v) is 6.33. The molecule has 0 aliphatic heterocycles. The zero-order chi connectivity index (χ0) is 14.5. The molecule has 1 amide bonds. The lowest BCUT2D eigenvalue weighted by Crippen LogP contribution is -2.07. The Bertz CT molecular complexity index is 679. The third-order valence-electron chi connectivity index (χ3n) is 2.32. The highest BCUT2D eigenvalue weighted by atomic mass is 79.9. The van der Waals surface area contributed by atoms with Gasteiger partial charge in [0.05, 0.1) is 4.92 Å². The van der Waals surface area contributed by atoms with Crippen LogP contribution in [0.2, 0.25) is 0 Å². The monoisotopic (exact) mass is 336 g/mol. The molecule has 2 rings (SSSR count). The van der Waals surface area contributed by atoms with Crippen LogP contribution in [0, 0.1) is 10.1 Å². The van der Waals surface area contributed by atoms with E-state index in [0.717, 1.165) is 0 Å². The van der Waals surface area contributed by atoms with E-state index in [1.807, 2.05) is 0 Å². The number of amides is 1. The number of carbonyl (C=O) groups excluding carboxylic acids is 1. The highest BCUT2D eigenvalue weighted by Crippen LogP contribution is 2.17. The molecule has 0 saturated carbocycles. The number of carbonyl (C=O) groups is 1. The summed E-state index contributed by atoms with van der Waals surface area (Å²) >= 11 is 3.15. The second-order valence-electron chi connectivity index (χ2n) is 3.77. The molecule has 0 atom stereocenters. The van der Waals surface area contributed by atoms with Gasteiger partial charge in [-0.25, -0.2) is 0 Å². The molecule has 0 unspecified atom stereocenters. The summed E-state index contributed by atoms with van der Waals surface area (Å²) in [6.45, 7) is 0. The van der Waals surface area contributed by atoms with Gasteiger partial charge in [0.25, 0.3) is 5.69 Å². The zero-order valence-electron chi connectivity index (χ0n) is 10.1. The Kier molecular flexibility index (Phi) is 4.31. The number of anilines is 1. The summed E-state index contributed by atoms with van der Waals surface area (Å²) in [7, 11) is 0. The van der Waals surface area contributed by atoms with E-state index in [1.54, 1.807) is 18.2 Å². The SMILES string of the molecule is O=C(C=Cc1ccc(Br)o1)Nc1cccc([N+](=O)[O-])c1. The average molecular weight is 337 g/mol. The molecule has 20 heavy (non-hydrogen) atoms. The first kappa shape index (κ1) is 14.0. The molecule has 0 radical (unpaired) electrons. The van der Waals surface area contributed by atoms with Crippen molar-refractivity contribution in [3.05, 3.63) is 63.0 Å². The minimum absolute atomic E-state index is 0.0817. The van der Waals surface area contributed by atoms with Gasteiger partial charge >= 0.3 is 0 Å². The molecule has 0 aliphatic rings. The van der Waals surface area contributed by atoms with Crippen LogP contribution in [0.1, 0.15) is 5.76 Å². The summed E-state index contributed by atoms with van der Waals surface area (Å²) in [6.07, 6.45) is 2.78. The summed E-state index contributed by atoms with van der Waals surface area (Å²) < 4.78 is 5.76. The van der Waals surface area contributed by atoms with Crippen LogP contribution < -0.4 is 5.32 Å². The van der Waals surface area contributed by atoms with E-state index in [-0.39, 0.29) is 5.69 Å². The lowest BCUT2D eigenvalue weighted by atomic mass is 10.3. The zero-order valence-corrected chi connectivity index (χ0v) is 11.7. The van der Waals surface area contributed by atoms with Gasteiger partial charge in [-0.2, -0.15) is 0 Å². The molecule has 0 bridgehead atoms. The van der Waals surface area contributed by atoms with Gasteiger partial charge < -0.3 is 9.73 Å². The topological polar surface area (TPSA) is 85.4 Å². The Balaban J connectivity index is 2.02. The van der Waals surface area contributed by atoms with Gasteiger partial charge in [0.15, 0.2) is 4.67 Å².